The quantitative estimate of drug-likeness (QED) is 0.766. The number of methoxy groups -OCH3 is 1. The lowest BCUT2D eigenvalue weighted by Gasteiger charge is -2.12. The topological polar surface area (TPSA) is 61.5 Å². The number of ether oxygens (including phenoxy) is 2. The number of carbonyl (C=O) groups is 1. The summed E-state index contributed by atoms with van der Waals surface area (Å²) in [5.41, 5.74) is 7.92. The monoisotopic (exact) mass is 237 g/mol. The minimum Gasteiger partial charge on any atom is -0.466 e. The van der Waals surface area contributed by atoms with E-state index in [0.29, 0.717) is 13.2 Å². The minimum atomic E-state index is -0.328. The van der Waals surface area contributed by atoms with Gasteiger partial charge in [0.1, 0.15) is 0 Å². The fourth-order valence-corrected chi connectivity index (χ4v) is 1.60. The van der Waals surface area contributed by atoms with Crippen molar-refractivity contribution in [2.75, 3.05) is 13.7 Å². The second kappa shape index (κ2) is 7.04. The van der Waals surface area contributed by atoms with Crippen LogP contribution in [0.5, 0.6) is 0 Å². The molecule has 4 nitrogen and oxygen atoms in total. The molecule has 17 heavy (non-hydrogen) atoms. The molecule has 0 saturated heterocycles. The molecule has 0 radical (unpaired) electrons. The van der Waals surface area contributed by atoms with Crippen LogP contribution < -0.4 is 5.73 Å². The molecule has 0 unspecified atom stereocenters. The van der Waals surface area contributed by atoms with E-state index in [-0.39, 0.29) is 18.4 Å². The highest BCUT2D eigenvalue weighted by Gasteiger charge is 2.12. The first-order chi connectivity index (χ1) is 8.17. The standard InChI is InChI=1S/C13H19NO3/c1-3-17-13(15)8-12(14)11-6-4-5-10(7-11)9-16-2/h4-7,12H,3,8-9,14H2,1-2H3/t12-/m1/s1. The summed E-state index contributed by atoms with van der Waals surface area (Å²) < 4.78 is 9.92. The zero-order valence-electron chi connectivity index (χ0n) is 10.3. The summed E-state index contributed by atoms with van der Waals surface area (Å²) in [5.74, 6) is -0.267. The van der Waals surface area contributed by atoms with Crippen LogP contribution in [0.15, 0.2) is 24.3 Å². The summed E-state index contributed by atoms with van der Waals surface area (Å²) in [6.07, 6.45) is 0.199. The van der Waals surface area contributed by atoms with Crippen molar-refractivity contribution in [2.24, 2.45) is 5.73 Å². The molecule has 0 aliphatic carbocycles. The van der Waals surface area contributed by atoms with Gasteiger partial charge in [0.2, 0.25) is 0 Å². The first kappa shape index (κ1) is 13.7. The molecule has 0 fully saturated rings. The van der Waals surface area contributed by atoms with Crippen LogP contribution in [0.2, 0.25) is 0 Å². The van der Waals surface area contributed by atoms with Crippen LogP contribution in [-0.2, 0) is 20.9 Å². The van der Waals surface area contributed by atoms with E-state index in [1.165, 1.54) is 0 Å². The molecule has 0 aromatic heterocycles. The van der Waals surface area contributed by atoms with Crippen molar-refractivity contribution in [3.05, 3.63) is 35.4 Å². The highest BCUT2D eigenvalue weighted by atomic mass is 16.5. The maximum atomic E-state index is 11.3. The van der Waals surface area contributed by atoms with E-state index in [9.17, 15) is 4.79 Å². The Labute approximate surface area is 102 Å². The van der Waals surface area contributed by atoms with E-state index < -0.39 is 0 Å². The Kier molecular flexibility index (Phi) is 5.66. The Morgan fingerprint density at radius 3 is 2.88 bits per heavy atom. The minimum absolute atomic E-state index is 0.199. The van der Waals surface area contributed by atoms with Gasteiger partial charge < -0.3 is 15.2 Å². The highest BCUT2D eigenvalue weighted by molar-refractivity contribution is 5.70. The number of esters is 1. The predicted molar refractivity (Wildman–Crippen MR) is 65.3 cm³/mol. The van der Waals surface area contributed by atoms with Gasteiger partial charge in [-0.25, -0.2) is 0 Å². The number of hydrogen-bond donors (Lipinski definition) is 1. The molecular weight excluding hydrogens is 218 g/mol. The van der Waals surface area contributed by atoms with Crippen molar-refractivity contribution in [3.63, 3.8) is 0 Å². The van der Waals surface area contributed by atoms with Crippen LogP contribution in [0, 0.1) is 0 Å². The van der Waals surface area contributed by atoms with Crippen molar-refractivity contribution >= 4 is 5.97 Å². The lowest BCUT2D eigenvalue weighted by atomic mass is 10.0. The van der Waals surface area contributed by atoms with E-state index in [2.05, 4.69) is 0 Å². The number of benzene rings is 1. The van der Waals surface area contributed by atoms with Gasteiger partial charge in [-0.2, -0.15) is 0 Å². The van der Waals surface area contributed by atoms with Crippen molar-refractivity contribution in [3.8, 4) is 0 Å². The summed E-state index contributed by atoms with van der Waals surface area (Å²) in [6.45, 7) is 2.71. The van der Waals surface area contributed by atoms with Gasteiger partial charge in [0.05, 0.1) is 19.6 Å². The van der Waals surface area contributed by atoms with E-state index >= 15 is 0 Å². The molecule has 0 aliphatic rings. The van der Waals surface area contributed by atoms with Crippen molar-refractivity contribution < 1.29 is 14.3 Å². The van der Waals surface area contributed by atoms with E-state index in [4.69, 9.17) is 15.2 Å². The van der Waals surface area contributed by atoms with Crippen LogP contribution in [-0.4, -0.2) is 19.7 Å². The third-order valence-electron chi connectivity index (χ3n) is 2.38. The number of rotatable bonds is 6. The molecule has 4 heteroatoms. The Morgan fingerprint density at radius 2 is 2.24 bits per heavy atom. The number of nitrogens with two attached hydrogens (primary N) is 1. The Morgan fingerprint density at radius 1 is 1.47 bits per heavy atom. The van der Waals surface area contributed by atoms with E-state index in [1.54, 1.807) is 14.0 Å². The first-order valence-corrected chi connectivity index (χ1v) is 5.66. The van der Waals surface area contributed by atoms with Gasteiger partial charge in [-0.05, 0) is 18.1 Å². The maximum absolute atomic E-state index is 11.3. The lowest BCUT2D eigenvalue weighted by molar-refractivity contribution is -0.143. The van der Waals surface area contributed by atoms with E-state index in [0.717, 1.165) is 11.1 Å². The van der Waals surface area contributed by atoms with Crippen molar-refractivity contribution in [2.45, 2.75) is 26.0 Å². The molecule has 94 valence electrons. The number of hydrogen-bond acceptors (Lipinski definition) is 4. The highest BCUT2D eigenvalue weighted by Crippen LogP contribution is 2.16. The second-order valence-corrected chi connectivity index (χ2v) is 3.79. The molecule has 0 amide bonds. The summed E-state index contributed by atoms with van der Waals surface area (Å²) >= 11 is 0. The maximum Gasteiger partial charge on any atom is 0.307 e. The van der Waals surface area contributed by atoms with Gasteiger partial charge in [0, 0.05) is 13.2 Å². The second-order valence-electron chi connectivity index (χ2n) is 3.79. The molecular formula is C13H19NO3. The molecule has 0 aliphatic heterocycles. The molecule has 1 aromatic rings. The van der Waals surface area contributed by atoms with Crippen molar-refractivity contribution in [1.82, 2.24) is 0 Å². The van der Waals surface area contributed by atoms with Gasteiger partial charge in [0.15, 0.2) is 0 Å². The first-order valence-electron chi connectivity index (χ1n) is 5.66. The van der Waals surface area contributed by atoms with Gasteiger partial charge >= 0.3 is 5.97 Å². The third-order valence-corrected chi connectivity index (χ3v) is 2.38. The van der Waals surface area contributed by atoms with Crippen LogP contribution in [0.4, 0.5) is 0 Å². The summed E-state index contributed by atoms with van der Waals surface area (Å²) in [6, 6.07) is 7.40. The molecule has 0 spiro atoms. The third kappa shape index (κ3) is 4.54. The average molecular weight is 237 g/mol. The fourth-order valence-electron chi connectivity index (χ4n) is 1.60. The Balaban J connectivity index is 2.64. The zero-order chi connectivity index (χ0) is 12.7. The molecule has 1 rings (SSSR count). The summed E-state index contributed by atoms with van der Waals surface area (Å²) in [4.78, 5) is 11.3. The fraction of sp³-hybridized carbons (Fsp3) is 0.462. The van der Waals surface area contributed by atoms with Crippen molar-refractivity contribution in [1.29, 1.82) is 0 Å². The summed E-state index contributed by atoms with van der Waals surface area (Å²) in [7, 11) is 1.64. The molecule has 1 atom stereocenters. The predicted octanol–water partition coefficient (Wildman–Crippen LogP) is 1.79. The van der Waals surface area contributed by atoms with Crippen LogP contribution in [0.3, 0.4) is 0 Å². The Bertz CT molecular complexity index is 365. The molecule has 0 heterocycles. The lowest BCUT2D eigenvalue weighted by Crippen LogP contribution is -2.17. The normalized spacial score (nSPS) is 12.2. The zero-order valence-corrected chi connectivity index (χ0v) is 10.3. The molecule has 1 aromatic carbocycles. The molecule has 2 N–H and O–H groups in total. The van der Waals surface area contributed by atoms with E-state index in [1.807, 2.05) is 24.3 Å². The van der Waals surface area contributed by atoms with Gasteiger partial charge in [0.25, 0.3) is 0 Å². The smallest absolute Gasteiger partial charge is 0.307 e. The summed E-state index contributed by atoms with van der Waals surface area (Å²) in [5, 5.41) is 0. The average Bonchev–Trinajstić information content (AvgIpc) is 2.30. The van der Waals surface area contributed by atoms with Gasteiger partial charge in [-0.3, -0.25) is 4.79 Å². The molecule has 0 saturated carbocycles. The van der Waals surface area contributed by atoms with Crippen LogP contribution >= 0.6 is 0 Å². The molecule has 0 bridgehead atoms. The van der Waals surface area contributed by atoms with Gasteiger partial charge in [-0.15, -0.1) is 0 Å². The van der Waals surface area contributed by atoms with Gasteiger partial charge in [-0.1, -0.05) is 24.3 Å². The largest absolute Gasteiger partial charge is 0.466 e. The Hall–Kier alpha value is -1.39. The van der Waals surface area contributed by atoms with Crippen LogP contribution in [0.1, 0.15) is 30.5 Å². The van der Waals surface area contributed by atoms with Crippen LogP contribution in [0.25, 0.3) is 0 Å². The number of carbonyl (C=O) groups excluding carboxylic acids is 1. The SMILES string of the molecule is CCOC(=O)C[C@@H](N)c1cccc(COC)c1.